The number of carbonyl (C=O) groups excluding carboxylic acids is 1. The van der Waals surface area contributed by atoms with Gasteiger partial charge in [0.05, 0.1) is 12.7 Å². The minimum atomic E-state index is -0.119. The maximum Gasteiger partial charge on any atom is 0.257 e. The van der Waals surface area contributed by atoms with Crippen molar-refractivity contribution < 1.29 is 4.79 Å². The summed E-state index contributed by atoms with van der Waals surface area (Å²) in [6.07, 6.45) is 3.69. The fourth-order valence-electron chi connectivity index (χ4n) is 2.48. The first kappa shape index (κ1) is 17.8. The monoisotopic (exact) mass is 415 g/mol. The number of aromatic nitrogens is 2. The van der Waals surface area contributed by atoms with Gasteiger partial charge in [0.25, 0.3) is 5.91 Å². The molecule has 1 amide bonds. The Labute approximate surface area is 159 Å². The van der Waals surface area contributed by atoms with E-state index in [2.05, 4.69) is 26.3 Å². The van der Waals surface area contributed by atoms with Crippen molar-refractivity contribution in [2.24, 2.45) is 0 Å². The van der Waals surface area contributed by atoms with E-state index in [1.807, 2.05) is 61.7 Å². The van der Waals surface area contributed by atoms with Crippen LogP contribution in [0.2, 0.25) is 0 Å². The summed E-state index contributed by atoms with van der Waals surface area (Å²) < 4.78 is 2.82. The van der Waals surface area contributed by atoms with Crippen LogP contribution in [0.25, 0.3) is 0 Å². The number of benzene rings is 2. The Morgan fingerprint density at radius 2 is 1.96 bits per heavy atom. The van der Waals surface area contributed by atoms with E-state index in [4.69, 9.17) is 0 Å². The Bertz CT molecular complexity index is 890. The van der Waals surface area contributed by atoms with Crippen LogP contribution in [0, 0.1) is 6.92 Å². The quantitative estimate of drug-likeness (QED) is 0.597. The van der Waals surface area contributed by atoms with E-state index in [0.29, 0.717) is 17.9 Å². The van der Waals surface area contributed by atoms with Gasteiger partial charge in [0.15, 0.2) is 0 Å². The van der Waals surface area contributed by atoms with Crippen LogP contribution in [0.5, 0.6) is 0 Å². The lowest BCUT2D eigenvalue weighted by atomic mass is 10.1. The maximum absolute atomic E-state index is 12.7. The third-order valence-corrected chi connectivity index (χ3v) is 5.15. The van der Waals surface area contributed by atoms with Crippen LogP contribution < -0.4 is 5.32 Å². The smallest absolute Gasteiger partial charge is 0.257 e. The number of hydrogen-bond acceptors (Lipinski definition) is 3. The molecule has 0 bridgehead atoms. The molecular weight excluding hydrogens is 398 g/mol. The molecule has 1 aromatic heterocycles. The number of aryl methyl sites for hydroxylation is 1. The van der Waals surface area contributed by atoms with E-state index in [0.717, 1.165) is 20.5 Å². The highest BCUT2D eigenvalue weighted by molar-refractivity contribution is 9.10. The van der Waals surface area contributed by atoms with Crippen molar-refractivity contribution >= 4 is 39.4 Å². The molecule has 0 saturated carbocycles. The summed E-state index contributed by atoms with van der Waals surface area (Å²) in [5.74, 6) is 0.563. The number of hydrogen-bond donors (Lipinski definition) is 1. The predicted molar refractivity (Wildman–Crippen MR) is 106 cm³/mol. The molecule has 6 heteroatoms. The number of amides is 1. The molecule has 25 heavy (non-hydrogen) atoms. The van der Waals surface area contributed by atoms with E-state index >= 15 is 0 Å². The highest BCUT2D eigenvalue weighted by atomic mass is 79.9. The molecule has 3 rings (SSSR count). The molecule has 0 unspecified atom stereocenters. The predicted octanol–water partition coefficient (Wildman–Crippen LogP) is 4.98. The summed E-state index contributed by atoms with van der Waals surface area (Å²) in [6, 6.07) is 15.8. The van der Waals surface area contributed by atoms with E-state index in [9.17, 15) is 4.79 Å². The lowest BCUT2D eigenvalue weighted by molar-refractivity contribution is 0.102. The first-order chi connectivity index (χ1) is 12.1. The molecule has 0 radical (unpaired) electrons. The Balaban J connectivity index is 1.79. The van der Waals surface area contributed by atoms with Gasteiger partial charge in [0.1, 0.15) is 5.82 Å². The molecule has 0 fully saturated rings. The number of thioether (sulfide) groups is 1. The second kappa shape index (κ2) is 7.89. The molecule has 2 aromatic carbocycles. The second-order valence-corrected chi connectivity index (χ2v) is 7.43. The van der Waals surface area contributed by atoms with Gasteiger partial charge >= 0.3 is 0 Å². The van der Waals surface area contributed by atoms with Crippen LogP contribution >= 0.6 is 27.7 Å². The Morgan fingerprint density at radius 1 is 1.20 bits per heavy atom. The SMILES string of the molecule is CSc1ccc(C)c(C(=O)Nc2ccnn2Cc2ccc(Br)cc2)c1. The zero-order chi connectivity index (χ0) is 17.8. The third-order valence-electron chi connectivity index (χ3n) is 3.89. The zero-order valence-corrected chi connectivity index (χ0v) is 16.4. The zero-order valence-electron chi connectivity index (χ0n) is 14.0. The standard InChI is InChI=1S/C19H18BrN3OS/c1-13-3-8-16(25-2)11-17(13)19(24)22-18-9-10-21-23(18)12-14-4-6-15(20)7-5-14/h3-11H,12H2,1-2H3,(H,22,24). The van der Waals surface area contributed by atoms with Gasteiger partial charge < -0.3 is 5.32 Å². The molecule has 0 atom stereocenters. The van der Waals surface area contributed by atoms with Gasteiger partial charge in [-0.25, -0.2) is 4.68 Å². The first-order valence-electron chi connectivity index (χ1n) is 7.79. The van der Waals surface area contributed by atoms with Crippen molar-refractivity contribution in [2.45, 2.75) is 18.4 Å². The van der Waals surface area contributed by atoms with Gasteiger partial charge in [-0.2, -0.15) is 5.10 Å². The largest absolute Gasteiger partial charge is 0.307 e. The Morgan fingerprint density at radius 3 is 2.68 bits per heavy atom. The molecule has 128 valence electrons. The van der Waals surface area contributed by atoms with Gasteiger partial charge in [0, 0.05) is 21.0 Å². The number of nitrogens with one attached hydrogen (secondary N) is 1. The highest BCUT2D eigenvalue weighted by Gasteiger charge is 2.13. The van der Waals surface area contributed by atoms with E-state index < -0.39 is 0 Å². The van der Waals surface area contributed by atoms with Gasteiger partial charge in [-0.3, -0.25) is 4.79 Å². The Hall–Kier alpha value is -2.05. The fourth-order valence-corrected chi connectivity index (χ4v) is 3.19. The number of anilines is 1. The maximum atomic E-state index is 12.7. The van der Waals surface area contributed by atoms with E-state index in [-0.39, 0.29) is 5.91 Å². The molecule has 4 nitrogen and oxygen atoms in total. The van der Waals surface area contributed by atoms with Crippen LogP contribution in [-0.2, 0) is 6.54 Å². The molecule has 3 aromatic rings. The minimum absolute atomic E-state index is 0.119. The highest BCUT2D eigenvalue weighted by Crippen LogP contribution is 2.20. The van der Waals surface area contributed by atoms with Crippen molar-refractivity contribution in [1.29, 1.82) is 0 Å². The lowest BCUT2D eigenvalue weighted by Crippen LogP contribution is -2.17. The number of carbonyl (C=O) groups is 1. The molecule has 0 saturated heterocycles. The lowest BCUT2D eigenvalue weighted by Gasteiger charge is -2.11. The topological polar surface area (TPSA) is 46.9 Å². The van der Waals surface area contributed by atoms with Crippen LogP contribution in [0.4, 0.5) is 5.82 Å². The summed E-state index contributed by atoms with van der Waals surface area (Å²) in [5.41, 5.74) is 2.75. The molecule has 1 heterocycles. The summed E-state index contributed by atoms with van der Waals surface area (Å²) >= 11 is 5.06. The normalized spacial score (nSPS) is 10.7. The third kappa shape index (κ3) is 4.32. The van der Waals surface area contributed by atoms with Gasteiger partial charge in [-0.1, -0.05) is 34.1 Å². The van der Waals surface area contributed by atoms with Crippen LogP contribution in [-0.4, -0.2) is 21.9 Å². The van der Waals surface area contributed by atoms with Gasteiger partial charge in [0.2, 0.25) is 0 Å². The summed E-state index contributed by atoms with van der Waals surface area (Å²) in [4.78, 5) is 13.8. The fraction of sp³-hybridized carbons (Fsp3) is 0.158. The molecule has 0 spiro atoms. The van der Waals surface area contributed by atoms with E-state index in [1.165, 1.54) is 0 Å². The average molecular weight is 416 g/mol. The van der Waals surface area contributed by atoms with Gasteiger partial charge in [-0.05, 0) is 48.6 Å². The summed E-state index contributed by atoms with van der Waals surface area (Å²) in [6.45, 7) is 2.54. The molecular formula is C19H18BrN3OS. The van der Waals surface area contributed by atoms with Gasteiger partial charge in [-0.15, -0.1) is 11.8 Å². The minimum Gasteiger partial charge on any atom is -0.307 e. The molecule has 0 aliphatic rings. The number of rotatable bonds is 5. The average Bonchev–Trinajstić information content (AvgIpc) is 3.04. The van der Waals surface area contributed by atoms with Crippen LogP contribution in [0.3, 0.4) is 0 Å². The summed E-state index contributed by atoms with van der Waals surface area (Å²) in [7, 11) is 0. The molecule has 1 N–H and O–H groups in total. The Kier molecular flexibility index (Phi) is 5.60. The van der Waals surface area contributed by atoms with Crippen molar-refractivity contribution in [2.75, 3.05) is 11.6 Å². The summed E-state index contributed by atoms with van der Waals surface area (Å²) in [5, 5.41) is 7.30. The molecule has 0 aliphatic carbocycles. The van der Waals surface area contributed by atoms with Crippen molar-refractivity contribution in [3.8, 4) is 0 Å². The van der Waals surface area contributed by atoms with Crippen molar-refractivity contribution in [1.82, 2.24) is 9.78 Å². The van der Waals surface area contributed by atoms with Crippen molar-refractivity contribution in [3.63, 3.8) is 0 Å². The van der Waals surface area contributed by atoms with Crippen molar-refractivity contribution in [3.05, 3.63) is 75.9 Å². The second-order valence-electron chi connectivity index (χ2n) is 5.64. The number of halogens is 1. The van der Waals surface area contributed by atoms with Crippen LogP contribution in [0.1, 0.15) is 21.5 Å². The van der Waals surface area contributed by atoms with E-state index in [1.54, 1.807) is 22.6 Å². The molecule has 0 aliphatic heterocycles. The number of nitrogens with zero attached hydrogens (tertiary/aromatic N) is 2. The van der Waals surface area contributed by atoms with Crippen LogP contribution in [0.15, 0.2) is 64.1 Å². The first-order valence-corrected chi connectivity index (χ1v) is 9.81.